The van der Waals surface area contributed by atoms with Crippen molar-refractivity contribution in [2.45, 2.75) is 38.8 Å². The summed E-state index contributed by atoms with van der Waals surface area (Å²) in [5, 5.41) is 17.0. The third-order valence-electron chi connectivity index (χ3n) is 4.39. The number of nitrogens with one attached hydrogen (secondary N) is 2. The SMILES string of the molecule is CCNC(=NCc1ccc(C)cc1OCCCOC)NCC1(O)CCSC1. The zero-order valence-corrected chi connectivity index (χ0v) is 17.5. The molecule has 0 aromatic heterocycles. The first-order valence-corrected chi connectivity index (χ1v) is 10.8. The Morgan fingerprint density at radius 3 is 2.89 bits per heavy atom. The van der Waals surface area contributed by atoms with E-state index in [-0.39, 0.29) is 0 Å². The van der Waals surface area contributed by atoms with Crippen LogP contribution in [0.25, 0.3) is 0 Å². The second kappa shape index (κ2) is 11.4. The van der Waals surface area contributed by atoms with Gasteiger partial charge in [0.1, 0.15) is 5.75 Å². The van der Waals surface area contributed by atoms with Crippen molar-refractivity contribution in [3.63, 3.8) is 0 Å². The molecule has 0 saturated carbocycles. The van der Waals surface area contributed by atoms with Gasteiger partial charge in [-0.25, -0.2) is 4.99 Å². The first-order valence-electron chi connectivity index (χ1n) is 9.60. The highest BCUT2D eigenvalue weighted by molar-refractivity contribution is 7.99. The maximum absolute atomic E-state index is 10.5. The van der Waals surface area contributed by atoms with Crippen LogP contribution in [0.5, 0.6) is 5.75 Å². The molecule has 1 atom stereocenters. The Bertz CT molecular complexity index is 604. The summed E-state index contributed by atoms with van der Waals surface area (Å²) in [6.07, 6.45) is 1.68. The highest BCUT2D eigenvalue weighted by Crippen LogP contribution is 2.27. The Morgan fingerprint density at radius 2 is 2.19 bits per heavy atom. The minimum Gasteiger partial charge on any atom is -0.493 e. The molecular formula is C20H33N3O3S. The number of nitrogens with zero attached hydrogens (tertiary/aromatic N) is 1. The number of hydrogen-bond acceptors (Lipinski definition) is 5. The Hall–Kier alpha value is -1.44. The molecule has 7 heteroatoms. The number of aryl methyl sites for hydroxylation is 1. The summed E-state index contributed by atoms with van der Waals surface area (Å²) in [7, 11) is 1.70. The molecule has 1 aliphatic heterocycles. The lowest BCUT2D eigenvalue weighted by Crippen LogP contribution is -2.47. The van der Waals surface area contributed by atoms with Gasteiger partial charge in [-0.15, -0.1) is 0 Å². The zero-order valence-electron chi connectivity index (χ0n) is 16.7. The lowest BCUT2D eigenvalue weighted by atomic mass is 10.0. The van der Waals surface area contributed by atoms with Crippen LogP contribution < -0.4 is 15.4 Å². The standard InChI is InChI=1S/C20H33N3O3S/c1-4-21-19(23-14-20(24)8-11-27-15-20)22-13-17-7-6-16(2)12-18(17)26-10-5-9-25-3/h6-7,12,24H,4-5,8-11,13-15H2,1-3H3,(H2,21,22,23). The number of thioether (sulfide) groups is 1. The molecule has 6 nitrogen and oxygen atoms in total. The van der Waals surface area contributed by atoms with Crippen LogP contribution in [0.3, 0.4) is 0 Å². The van der Waals surface area contributed by atoms with Gasteiger partial charge in [0, 0.05) is 44.5 Å². The molecule has 0 bridgehead atoms. The molecular weight excluding hydrogens is 362 g/mol. The first-order chi connectivity index (χ1) is 13.1. The third kappa shape index (κ3) is 7.60. The van der Waals surface area contributed by atoms with Crippen LogP contribution in [0, 0.1) is 6.92 Å². The number of ether oxygens (including phenoxy) is 2. The van der Waals surface area contributed by atoms with Crippen molar-refractivity contribution >= 4 is 17.7 Å². The van der Waals surface area contributed by atoms with Crippen molar-refractivity contribution in [2.75, 3.05) is 44.9 Å². The van der Waals surface area contributed by atoms with Gasteiger partial charge in [-0.1, -0.05) is 12.1 Å². The molecule has 1 aliphatic rings. The molecule has 3 N–H and O–H groups in total. The molecule has 1 aromatic rings. The summed E-state index contributed by atoms with van der Waals surface area (Å²) in [6, 6.07) is 6.19. The van der Waals surface area contributed by atoms with Crippen molar-refractivity contribution in [3.05, 3.63) is 29.3 Å². The number of aliphatic imine (C=N–C) groups is 1. The fourth-order valence-electron chi connectivity index (χ4n) is 2.80. The van der Waals surface area contributed by atoms with Crippen molar-refractivity contribution < 1.29 is 14.6 Å². The number of hydrogen-bond donors (Lipinski definition) is 3. The summed E-state index contributed by atoms with van der Waals surface area (Å²) in [5.41, 5.74) is 1.57. The van der Waals surface area contributed by atoms with Crippen molar-refractivity contribution in [3.8, 4) is 5.75 Å². The molecule has 152 valence electrons. The number of methoxy groups -OCH3 is 1. The van der Waals surface area contributed by atoms with Crippen molar-refractivity contribution in [1.82, 2.24) is 10.6 Å². The smallest absolute Gasteiger partial charge is 0.191 e. The van der Waals surface area contributed by atoms with Gasteiger partial charge in [0.15, 0.2) is 5.96 Å². The van der Waals surface area contributed by atoms with Crippen LogP contribution in [0.2, 0.25) is 0 Å². The summed E-state index contributed by atoms with van der Waals surface area (Å²) in [4.78, 5) is 4.68. The Kier molecular flexibility index (Phi) is 9.24. The van der Waals surface area contributed by atoms with Crippen LogP contribution in [-0.4, -0.2) is 61.6 Å². The normalized spacial score (nSPS) is 19.9. The Labute approximate surface area is 167 Å². The van der Waals surface area contributed by atoms with Gasteiger partial charge in [-0.05, 0) is 37.7 Å². The van der Waals surface area contributed by atoms with Gasteiger partial charge >= 0.3 is 0 Å². The minimum atomic E-state index is -0.639. The van der Waals surface area contributed by atoms with Crippen molar-refractivity contribution in [1.29, 1.82) is 0 Å². The van der Waals surface area contributed by atoms with Gasteiger partial charge in [0.05, 0.1) is 18.8 Å². The number of guanidine groups is 1. The maximum atomic E-state index is 10.5. The van der Waals surface area contributed by atoms with E-state index < -0.39 is 5.60 Å². The molecule has 0 amide bonds. The predicted octanol–water partition coefficient (Wildman–Crippen LogP) is 2.33. The van der Waals surface area contributed by atoms with E-state index in [2.05, 4.69) is 40.7 Å². The monoisotopic (exact) mass is 395 g/mol. The lowest BCUT2D eigenvalue weighted by Gasteiger charge is -2.23. The molecule has 2 rings (SSSR count). The molecule has 1 heterocycles. The van der Waals surface area contributed by atoms with Crippen LogP contribution in [-0.2, 0) is 11.3 Å². The third-order valence-corrected chi connectivity index (χ3v) is 5.63. The number of benzene rings is 1. The highest BCUT2D eigenvalue weighted by Gasteiger charge is 2.31. The minimum absolute atomic E-state index is 0.514. The molecule has 1 aromatic carbocycles. The molecule has 27 heavy (non-hydrogen) atoms. The first kappa shape index (κ1) is 21.9. The average Bonchev–Trinajstić information content (AvgIpc) is 3.09. The van der Waals surface area contributed by atoms with E-state index in [1.165, 1.54) is 0 Å². The maximum Gasteiger partial charge on any atom is 0.191 e. The van der Waals surface area contributed by atoms with E-state index in [9.17, 15) is 5.11 Å². The van der Waals surface area contributed by atoms with E-state index in [1.807, 2.05) is 6.92 Å². The summed E-state index contributed by atoms with van der Waals surface area (Å²) < 4.78 is 11.0. The van der Waals surface area contributed by atoms with E-state index in [1.54, 1.807) is 18.9 Å². The topological polar surface area (TPSA) is 75.1 Å². The van der Waals surface area contributed by atoms with Gasteiger partial charge in [-0.2, -0.15) is 11.8 Å². The largest absolute Gasteiger partial charge is 0.493 e. The van der Waals surface area contributed by atoms with Crippen LogP contribution in [0.4, 0.5) is 0 Å². The summed E-state index contributed by atoms with van der Waals surface area (Å²) in [6.45, 7) is 7.20. The highest BCUT2D eigenvalue weighted by atomic mass is 32.2. The van der Waals surface area contributed by atoms with E-state index in [0.717, 1.165) is 47.8 Å². The summed E-state index contributed by atoms with van der Waals surface area (Å²) >= 11 is 1.79. The Morgan fingerprint density at radius 1 is 1.33 bits per heavy atom. The van der Waals surface area contributed by atoms with E-state index in [4.69, 9.17) is 9.47 Å². The van der Waals surface area contributed by atoms with Gasteiger partial charge in [0.25, 0.3) is 0 Å². The van der Waals surface area contributed by atoms with Gasteiger partial charge in [0.2, 0.25) is 0 Å². The molecule has 1 unspecified atom stereocenters. The van der Waals surface area contributed by atoms with Crippen molar-refractivity contribution in [2.24, 2.45) is 4.99 Å². The second-order valence-electron chi connectivity index (χ2n) is 6.88. The average molecular weight is 396 g/mol. The van der Waals surface area contributed by atoms with Gasteiger partial charge in [-0.3, -0.25) is 0 Å². The fourth-order valence-corrected chi connectivity index (χ4v) is 4.10. The number of rotatable bonds is 10. The molecule has 0 spiro atoms. The predicted molar refractivity (Wildman–Crippen MR) is 113 cm³/mol. The number of aliphatic hydroxyl groups is 1. The summed E-state index contributed by atoms with van der Waals surface area (Å²) in [5.74, 6) is 3.38. The van der Waals surface area contributed by atoms with Crippen LogP contribution in [0.15, 0.2) is 23.2 Å². The second-order valence-corrected chi connectivity index (χ2v) is 7.99. The van der Waals surface area contributed by atoms with Gasteiger partial charge < -0.3 is 25.2 Å². The molecule has 0 radical (unpaired) electrons. The fraction of sp³-hybridized carbons (Fsp3) is 0.650. The van der Waals surface area contributed by atoms with Crippen LogP contribution >= 0.6 is 11.8 Å². The lowest BCUT2D eigenvalue weighted by molar-refractivity contribution is 0.0724. The van der Waals surface area contributed by atoms with E-state index >= 15 is 0 Å². The quantitative estimate of drug-likeness (QED) is 0.321. The molecule has 0 aliphatic carbocycles. The van der Waals surface area contributed by atoms with E-state index in [0.29, 0.717) is 32.3 Å². The molecule has 1 fully saturated rings. The molecule has 1 saturated heterocycles. The Balaban J connectivity index is 1.98. The zero-order chi connectivity index (χ0) is 19.5. The van der Waals surface area contributed by atoms with Crippen LogP contribution in [0.1, 0.15) is 30.9 Å².